The van der Waals surface area contributed by atoms with Crippen LogP contribution in [0.15, 0.2) is 48.5 Å². The maximum atomic E-state index is 12.4. The highest BCUT2D eigenvalue weighted by Gasteiger charge is 2.36. The van der Waals surface area contributed by atoms with E-state index in [9.17, 15) is 14.7 Å². The number of benzene rings is 2. The summed E-state index contributed by atoms with van der Waals surface area (Å²) in [5, 5.41) is 12.1. The minimum atomic E-state index is -0.434. The smallest absolute Gasteiger partial charge is 0.229 e. The van der Waals surface area contributed by atoms with Gasteiger partial charge in [0.2, 0.25) is 11.8 Å². The fraction of sp³-hybridized carbons (Fsp3) is 0.263. The monoisotopic (exact) mass is 340 g/mol. The van der Waals surface area contributed by atoms with Crippen LogP contribution in [0.4, 0.5) is 11.4 Å². The number of amides is 2. The summed E-state index contributed by atoms with van der Waals surface area (Å²) in [4.78, 5) is 26.5. The number of ether oxygens (including phenoxy) is 1. The van der Waals surface area contributed by atoms with Gasteiger partial charge in [-0.15, -0.1) is 0 Å². The van der Waals surface area contributed by atoms with Gasteiger partial charge in [-0.3, -0.25) is 9.59 Å². The number of phenolic OH excluding ortho intramolecular Hbond substituents is 1. The van der Waals surface area contributed by atoms with Crippen LogP contribution in [0.1, 0.15) is 13.3 Å². The molecule has 2 aromatic rings. The largest absolute Gasteiger partial charge is 0.508 e. The molecule has 1 aliphatic rings. The molecular formula is C19H20N2O4. The van der Waals surface area contributed by atoms with Gasteiger partial charge < -0.3 is 20.1 Å². The predicted octanol–water partition coefficient (Wildman–Crippen LogP) is 2.78. The lowest BCUT2D eigenvalue weighted by Crippen LogP contribution is -2.28. The van der Waals surface area contributed by atoms with Crippen molar-refractivity contribution in [2.45, 2.75) is 13.3 Å². The number of rotatable bonds is 5. The first-order valence-corrected chi connectivity index (χ1v) is 8.20. The van der Waals surface area contributed by atoms with Crippen molar-refractivity contribution < 1.29 is 19.4 Å². The first-order valence-electron chi connectivity index (χ1n) is 8.20. The van der Waals surface area contributed by atoms with Crippen molar-refractivity contribution in [3.05, 3.63) is 48.5 Å². The number of aromatic hydroxyl groups is 1. The van der Waals surface area contributed by atoms with Gasteiger partial charge in [0.25, 0.3) is 0 Å². The average Bonchev–Trinajstić information content (AvgIpc) is 2.99. The lowest BCUT2D eigenvalue weighted by molar-refractivity contribution is -0.122. The van der Waals surface area contributed by atoms with E-state index >= 15 is 0 Å². The third-order valence-electron chi connectivity index (χ3n) is 4.09. The molecule has 0 saturated carbocycles. The number of nitrogens with zero attached hydrogens (tertiary/aromatic N) is 1. The Morgan fingerprint density at radius 1 is 1.24 bits per heavy atom. The summed E-state index contributed by atoms with van der Waals surface area (Å²) in [6, 6.07) is 13.6. The van der Waals surface area contributed by atoms with Crippen molar-refractivity contribution in [1.82, 2.24) is 0 Å². The summed E-state index contributed by atoms with van der Waals surface area (Å²) in [5.41, 5.74) is 1.28. The zero-order chi connectivity index (χ0) is 17.8. The van der Waals surface area contributed by atoms with E-state index in [0.717, 1.165) is 0 Å². The second-order valence-electron chi connectivity index (χ2n) is 5.84. The van der Waals surface area contributed by atoms with Crippen LogP contribution in [0.25, 0.3) is 0 Å². The highest BCUT2D eigenvalue weighted by Crippen LogP contribution is 2.33. The average molecular weight is 340 g/mol. The van der Waals surface area contributed by atoms with Gasteiger partial charge in [0, 0.05) is 18.7 Å². The molecule has 6 heteroatoms. The number of carbonyl (C=O) groups is 2. The third kappa shape index (κ3) is 3.74. The molecule has 0 bridgehead atoms. The molecular weight excluding hydrogens is 320 g/mol. The molecule has 0 aliphatic carbocycles. The van der Waals surface area contributed by atoms with E-state index in [1.807, 2.05) is 31.2 Å². The minimum absolute atomic E-state index is 0.0991. The van der Waals surface area contributed by atoms with Gasteiger partial charge in [-0.1, -0.05) is 12.1 Å². The Morgan fingerprint density at radius 2 is 1.96 bits per heavy atom. The molecule has 0 spiro atoms. The molecule has 25 heavy (non-hydrogen) atoms. The van der Waals surface area contributed by atoms with Gasteiger partial charge >= 0.3 is 0 Å². The second kappa shape index (κ2) is 7.25. The van der Waals surface area contributed by atoms with Gasteiger partial charge in [-0.2, -0.15) is 0 Å². The van der Waals surface area contributed by atoms with E-state index in [0.29, 0.717) is 30.3 Å². The van der Waals surface area contributed by atoms with E-state index < -0.39 is 5.92 Å². The molecule has 2 amide bonds. The van der Waals surface area contributed by atoms with Crippen LogP contribution in [0.2, 0.25) is 0 Å². The highest BCUT2D eigenvalue weighted by molar-refractivity contribution is 6.04. The first-order chi connectivity index (χ1) is 12.1. The van der Waals surface area contributed by atoms with Gasteiger partial charge in [0.05, 0.1) is 18.2 Å². The first kappa shape index (κ1) is 16.8. The molecule has 2 aromatic carbocycles. The van der Waals surface area contributed by atoms with Crippen LogP contribution >= 0.6 is 0 Å². The van der Waals surface area contributed by atoms with Crippen LogP contribution in [0, 0.1) is 5.92 Å². The standard InChI is InChI=1S/C19H20N2O4/c1-2-25-17-6-4-3-5-16(17)21-12-13(11-18(21)23)19(24)20-14-7-9-15(22)10-8-14/h3-10,13,22H,2,11-12H2,1H3,(H,20,24)/t13-/m1/s1. The third-order valence-corrected chi connectivity index (χ3v) is 4.09. The molecule has 130 valence electrons. The Labute approximate surface area is 146 Å². The fourth-order valence-electron chi connectivity index (χ4n) is 2.86. The topological polar surface area (TPSA) is 78.9 Å². The number of hydrogen-bond donors (Lipinski definition) is 2. The van der Waals surface area contributed by atoms with Crippen molar-refractivity contribution in [3.63, 3.8) is 0 Å². The molecule has 0 aromatic heterocycles. The van der Waals surface area contributed by atoms with Crippen LogP contribution in [-0.2, 0) is 9.59 Å². The van der Waals surface area contributed by atoms with Crippen LogP contribution < -0.4 is 15.0 Å². The zero-order valence-corrected chi connectivity index (χ0v) is 13.9. The number of phenols is 1. The van der Waals surface area contributed by atoms with Gasteiger partial charge in [0.15, 0.2) is 0 Å². The van der Waals surface area contributed by atoms with Gasteiger partial charge in [-0.05, 0) is 43.3 Å². The van der Waals surface area contributed by atoms with Crippen molar-refractivity contribution in [1.29, 1.82) is 0 Å². The summed E-state index contributed by atoms with van der Waals surface area (Å²) in [6.07, 6.45) is 0.157. The van der Waals surface area contributed by atoms with Crippen LogP contribution in [-0.4, -0.2) is 30.1 Å². The van der Waals surface area contributed by atoms with Gasteiger partial charge in [0.1, 0.15) is 11.5 Å². The summed E-state index contributed by atoms with van der Waals surface area (Å²) < 4.78 is 5.58. The highest BCUT2D eigenvalue weighted by atomic mass is 16.5. The van der Waals surface area contributed by atoms with Crippen LogP contribution in [0.3, 0.4) is 0 Å². The predicted molar refractivity (Wildman–Crippen MR) is 94.8 cm³/mol. The fourth-order valence-corrected chi connectivity index (χ4v) is 2.86. The van der Waals surface area contributed by atoms with E-state index in [4.69, 9.17) is 4.74 Å². The summed E-state index contributed by atoms with van der Waals surface area (Å²) in [5.74, 6) is 0.0233. The molecule has 0 radical (unpaired) electrons. The number of carbonyl (C=O) groups excluding carboxylic acids is 2. The van der Waals surface area contributed by atoms with E-state index in [-0.39, 0.29) is 24.0 Å². The second-order valence-corrected chi connectivity index (χ2v) is 5.84. The van der Waals surface area contributed by atoms with E-state index in [1.54, 1.807) is 17.0 Å². The maximum Gasteiger partial charge on any atom is 0.229 e. The summed E-state index contributed by atoms with van der Waals surface area (Å²) >= 11 is 0. The minimum Gasteiger partial charge on any atom is -0.508 e. The van der Waals surface area contributed by atoms with Gasteiger partial charge in [-0.25, -0.2) is 0 Å². The van der Waals surface area contributed by atoms with Crippen molar-refractivity contribution in [3.8, 4) is 11.5 Å². The number of nitrogens with one attached hydrogen (secondary N) is 1. The zero-order valence-electron chi connectivity index (χ0n) is 13.9. The molecule has 6 nitrogen and oxygen atoms in total. The Balaban J connectivity index is 1.72. The summed E-state index contributed by atoms with van der Waals surface area (Å²) in [6.45, 7) is 2.70. The molecule has 3 rings (SSSR count). The number of anilines is 2. The lowest BCUT2D eigenvalue weighted by atomic mass is 10.1. The number of para-hydroxylation sites is 2. The normalized spacial score (nSPS) is 16.8. The van der Waals surface area contributed by atoms with Crippen molar-refractivity contribution in [2.24, 2.45) is 5.92 Å². The lowest BCUT2D eigenvalue weighted by Gasteiger charge is -2.20. The molecule has 1 saturated heterocycles. The Bertz CT molecular complexity index is 773. The van der Waals surface area contributed by atoms with Crippen LogP contribution in [0.5, 0.6) is 11.5 Å². The summed E-state index contributed by atoms with van der Waals surface area (Å²) in [7, 11) is 0. The molecule has 1 aliphatic heterocycles. The maximum absolute atomic E-state index is 12.4. The van der Waals surface area contributed by atoms with Crippen molar-refractivity contribution in [2.75, 3.05) is 23.4 Å². The molecule has 2 N–H and O–H groups in total. The Hall–Kier alpha value is -3.02. The Kier molecular flexibility index (Phi) is 4.88. The number of hydrogen-bond acceptors (Lipinski definition) is 4. The van der Waals surface area contributed by atoms with E-state index in [2.05, 4.69) is 5.32 Å². The Morgan fingerprint density at radius 3 is 2.68 bits per heavy atom. The molecule has 1 atom stereocenters. The molecule has 1 heterocycles. The SMILES string of the molecule is CCOc1ccccc1N1C[C@H](C(=O)Nc2ccc(O)cc2)CC1=O. The van der Waals surface area contributed by atoms with Crippen molar-refractivity contribution >= 4 is 23.2 Å². The molecule has 1 fully saturated rings. The quantitative estimate of drug-likeness (QED) is 0.821. The van der Waals surface area contributed by atoms with E-state index in [1.165, 1.54) is 12.1 Å². The molecule has 0 unspecified atom stereocenters.